The van der Waals surface area contributed by atoms with Gasteiger partial charge in [0.1, 0.15) is 22.8 Å². The summed E-state index contributed by atoms with van der Waals surface area (Å²) in [6.07, 6.45) is 0. The number of rotatable bonds is 2. The average molecular weight is 222 g/mol. The molecule has 1 aromatic carbocycles. The van der Waals surface area contributed by atoms with Crippen molar-refractivity contribution < 1.29 is 20.1 Å². The van der Waals surface area contributed by atoms with Gasteiger partial charge >= 0.3 is 0 Å². The molecule has 1 aromatic rings. The fourth-order valence-corrected chi connectivity index (χ4v) is 1.24. The summed E-state index contributed by atoms with van der Waals surface area (Å²) in [5, 5.41) is 28.1. The third kappa shape index (κ3) is 2.16. The smallest absolute Gasteiger partial charge is 0.196 e. The third-order valence-electron chi connectivity index (χ3n) is 2.40. The van der Waals surface area contributed by atoms with E-state index in [-0.39, 0.29) is 11.3 Å². The van der Waals surface area contributed by atoms with Crippen LogP contribution in [0.25, 0.3) is 0 Å². The highest BCUT2D eigenvalue weighted by atomic mass is 16.3. The molecule has 0 atom stereocenters. The van der Waals surface area contributed by atoms with Gasteiger partial charge in [0.15, 0.2) is 5.78 Å². The van der Waals surface area contributed by atoms with Crippen molar-refractivity contribution >= 4 is 5.78 Å². The molecule has 3 N–H and O–H groups in total. The molecular formula is C12H14O4. The lowest BCUT2D eigenvalue weighted by Gasteiger charge is -2.08. The first-order valence-corrected chi connectivity index (χ1v) is 4.78. The maximum absolute atomic E-state index is 11.9. The summed E-state index contributed by atoms with van der Waals surface area (Å²) in [6.45, 7) is 5.15. The number of allylic oxidation sites excluding steroid dienone is 2. The Hall–Kier alpha value is -1.97. The molecule has 0 saturated heterocycles. The molecule has 0 heterocycles. The highest BCUT2D eigenvalue weighted by Crippen LogP contribution is 2.33. The van der Waals surface area contributed by atoms with Gasteiger partial charge in [-0.25, -0.2) is 0 Å². The van der Waals surface area contributed by atoms with Gasteiger partial charge in [0, 0.05) is 12.1 Å². The number of phenolic OH excluding ortho intramolecular Hbond substituents is 3. The van der Waals surface area contributed by atoms with E-state index in [1.54, 1.807) is 20.8 Å². The van der Waals surface area contributed by atoms with Crippen LogP contribution in [0.5, 0.6) is 17.2 Å². The van der Waals surface area contributed by atoms with Gasteiger partial charge in [-0.2, -0.15) is 0 Å². The molecule has 4 nitrogen and oxygen atoms in total. The molecule has 0 aliphatic heterocycles. The summed E-state index contributed by atoms with van der Waals surface area (Å²) in [7, 11) is 0. The van der Waals surface area contributed by atoms with Crippen LogP contribution in [0.3, 0.4) is 0 Å². The van der Waals surface area contributed by atoms with Crippen molar-refractivity contribution in [2.24, 2.45) is 0 Å². The second kappa shape index (κ2) is 4.26. The monoisotopic (exact) mass is 222 g/mol. The van der Waals surface area contributed by atoms with E-state index < -0.39 is 17.3 Å². The van der Waals surface area contributed by atoms with Crippen molar-refractivity contribution in [3.05, 3.63) is 28.8 Å². The molecule has 0 aromatic heterocycles. The van der Waals surface area contributed by atoms with Crippen LogP contribution in [-0.4, -0.2) is 21.1 Å². The maximum Gasteiger partial charge on any atom is 0.196 e. The van der Waals surface area contributed by atoms with Crippen molar-refractivity contribution in [1.82, 2.24) is 0 Å². The molecule has 0 saturated carbocycles. The second-order valence-electron chi connectivity index (χ2n) is 3.81. The Kier molecular flexibility index (Phi) is 3.22. The van der Waals surface area contributed by atoms with Crippen LogP contribution in [0.15, 0.2) is 23.3 Å². The van der Waals surface area contributed by atoms with Crippen molar-refractivity contribution in [2.75, 3.05) is 0 Å². The number of carbonyl (C=O) groups is 1. The van der Waals surface area contributed by atoms with Gasteiger partial charge in [0.25, 0.3) is 0 Å². The Morgan fingerprint density at radius 1 is 1.00 bits per heavy atom. The molecule has 1 rings (SSSR count). The predicted octanol–water partition coefficient (Wildman–Crippen LogP) is 2.34. The Morgan fingerprint density at radius 3 is 1.81 bits per heavy atom. The average Bonchev–Trinajstić information content (AvgIpc) is 2.14. The zero-order chi connectivity index (χ0) is 12.5. The number of aromatic hydroxyl groups is 3. The lowest BCUT2D eigenvalue weighted by molar-refractivity contribution is 0.102. The minimum Gasteiger partial charge on any atom is -0.508 e. The topological polar surface area (TPSA) is 77.8 Å². The van der Waals surface area contributed by atoms with Crippen LogP contribution in [0.4, 0.5) is 0 Å². The van der Waals surface area contributed by atoms with Crippen LogP contribution >= 0.6 is 0 Å². The van der Waals surface area contributed by atoms with Crippen molar-refractivity contribution in [1.29, 1.82) is 0 Å². The van der Waals surface area contributed by atoms with Crippen LogP contribution in [0, 0.1) is 0 Å². The molecular weight excluding hydrogens is 208 g/mol. The van der Waals surface area contributed by atoms with E-state index in [0.717, 1.165) is 17.7 Å². The predicted molar refractivity (Wildman–Crippen MR) is 59.8 cm³/mol. The molecule has 86 valence electrons. The fraction of sp³-hybridized carbons (Fsp3) is 0.250. The molecule has 0 aliphatic rings. The first-order chi connectivity index (χ1) is 7.34. The molecule has 0 fully saturated rings. The minimum atomic E-state index is -0.449. The van der Waals surface area contributed by atoms with E-state index >= 15 is 0 Å². The normalized spacial score (nSPS) is 9.94. The fourth-order valence-electron chi connectivity index (χ4n) is 1.24. The van der Waals surface area contributed by atoms with Crippen molar-refractivity contribution in [3.8, 4) is 17.2 Å². The summed E-state index contributed by atoms with van der Waals surface area (Å²) in [4.78, 5) is 11.9. The molecule has 0 aliphatic carbocycles. The van der Waals surface area contributed by atoms with E-state index in [2.05, 4.69) is 0 Å². The molecule has 0 radical (unpaired) electrons. The van der Waals surface area contributed by atoms with Crippen molar-refractivity contribution in [3.63, 3.8) is 0 Å². The first-order valence-electron chi connectivity index (χ1n) is 4.78. The standard InChI is InChI=1S/C12H14O4/c1-6(2)7(3)12(16)11-9(14)4-8(13)5-10(11)15/h4-5,13-15H,1-3H3. The highest BCUT2D eigenvalue weighted by Gasteiger charge is 2.19. The molecule has 16 heavy (non-hydrogen) atoms. The van der Waals surface area contributed by atoms with E-state index in [1.807, 2.05) is 0 Å². The Bertz CT molecular complexity index is 445. The van der Waals surface area contributed by atoms with Gasteiger partial charge in [0.05, 0.1) is 0 Å². The Morgan fingerprint density at radius 2 is 1.44 bits per heavy atom. The zero-order valence-corrected chi connectivity index (χ0v) is 9.40. The molecule has 0 spiro atoms. The minimum absolute atomic E-state index is 0.184. The maximum atomic E-state index is 11.9. The molecule has 0 bridgehead atoms. The van der Waals surface area contributed by atoms with Crippen LogP contribution in [-0.2, 0) is 0 Å². The first kappa shape index (κ1) is 12.1. The van der Waals surface area contributed by atoms with Gasteiger partial charge in [-0.05, 0) is 26.3 Å². The van der Waals surface area contributed by atoms with Gasteiger partial charge in [-0.15, -0.1) is 0 Å². The highest BCUT2D eigenvalue weighted by molar-refractivity contribution is 6.12. The number of phenols is 3. The van der Waals surface area contributed by atoms with Crippen LogP contribution in [0.2, 0.25) is 0 Å². The zero-order valence-electron chi connectivity index (χ0n) is 9.40. The van der Waals surface area contributed by atoms with E-state index in [9.17, 15) is 15.0 Å². The third-order valence-corrected chi connectivity index (χ3v) is 2.40. The quantitative estimate of drug-likeness (QED) is 0.530. The van der Waals surface area contributed by atoms with Gasteiger partial charge in [-0.1, -0.05) is 5.57 Å². The number of ketones is 1. The van der Waals surface area contributed by atoms with E-state index in [1.165, 1.54) is 0 Å². The summed E-state index contributed by atoms with van der Waals surface area (Å²) in [5.41, 5.74) is 1.07. The largest absolute Gasteiger partial charge is 0.508 e. The molecule has 0 amide bonds. The van der Waals surface area contributed by atoms with Gasteiger partial charge < -0.3 is 15.3 Å². The summed E-state index contributed by atoms with van der Waals surface area (Å²) in [6, 6.07) is 2.04. The SMILES string of the molecule is CC(C)=C(C)C(=O)c1c(O)cc(O)cc1O. The Labute approximate surface area is 93.5 Å². The van der Waals surface area contributed by atoms with E-state index in [0.29, 0.717) is 5.57 Å². The van der Waals surface area contributed by atoms with Gasteiger partial charge in [0.2, 0.25) is 0 Å². The second-order valence-corrected chi connectivity index (χ2v) is 3.81. The van der Waals surface area contributed by atoms with Crippen LogP contribution in [0.1, 0.15) is 31.1 Å². The van der Waals surface area contributed by atoms with E-state index in [4.69, 9.17) is 5.11 Å². The summed E-state index contributed by atoms with van der Waals surface area (Å²) < 4.78 is 0. The molecule has 4 heteroatoms. The molecule has 0 unspecified atom stereocenters. The lowest BCUT2D eigenvalue weighted by atomic mass is 9.99. The number of carbonyl (C=O) groups excluding carboxylic acids is 1. The number of Topliss-reactive ketones (excluding diaryl/α,β-unsaturated/α-hetero) is 1. The number of hydrogen-bond donors (Lipinski definition) is 3. The lowest BCUT2D eigenvalue weighted by Crippen LogP contribution is -2.03. The summed E-state index contributed by atoms with van der Waals surface area (Å²) >= 11 is 0. The van der Waals surface area contributed by atoms with Crippen molar-refractivity contribution in [2.45, 2.75) is 20.8 Å². The van der Waals surface area contributed by atoms with Gasteiger partial charge in [-0.3, -0.25) is 4.79 Å². The number of hydrogen-bond acceptors (Lipinski definition) is 4. The number of benzene rings is 1. The Balaban J connectivity index is 3.36. The van der Waals surface area contributed by atoms with Crippen LogP contribution < -0.4 is 0 Å². The summed E-state index contributed by atoms with van der Waals surface area (Å²) in [5.74, 6) is -1.59.